The number of carbonyl (C=O) groups excluding carboxylic acids is 1. The lowest BCUT2D eigenvalue weighted by Crippen LogP contribution is -2.26. The predicted molar refractivity (Wildman–Crippen MR) is 73.3 cm³/mol. The molecule has 1 N–H and O–H groups in total. The van der Waals surface area contributed by atoms with Crippen LogP contribution >= 0.6 is 11.6 Å². The Morgan fingerprint density at radius 2 is 1.56 bits per heavy atom. The lowest BCUT2D eigenvalue weighted by Gasteiger charge is -2.10. The van der Waals surface area contributed by atoms with Gasteiger partial charge in [0.15, 0.2) is 0 Å². The molecule has 2 aromatic carbocycles. The minimum absolute atomic E-state index is 0.174. The molecule has 0 saturated heterocycles. The third-order valence-electron chi connectivity index (χ3n) is 2.63. The predicted octanol–water partition coefficient (Wildman–Crippen LogP) is 3.28. The summed E-state index contributed by atoms with van der Waals surface area (Å²) in [5, 5.41) is 2.18. The van der Waals surface area contributed by atoms with Gasteiger partial charge in [-0.1, -0.05) is 60.7 Å². The Hall–Kier alpha value is -1.80. The maximum atomic E-state index is 11.9. The number of nitrogens with one attached hydrogen (secondary N) is 1. The van der Waals surface area contributed by atoms with Gasteiger partial charge in [0, 0.05) is 6.54 Å². The van der Waals surface area contributed by atoms with Gasteiger partial charge >= 0.3 is 0 Å². The average Bonchev–Trinajstić information content (AvgIpc) is 2.46. The fourth-order valence-electron chi connectivity index (χ4n) is 1.65. The summed E-state index contributed by atoms with van der Waals surface area (Å²) in [6, 6.07) is 19.1. The van der Waals surface area contributed by atoms with Crippen molar-refractivity contribution < 1.29 is 4.79 Å². The van der Waals surface area contributed by atoms with Gasteiger partial charge in [-0.15, -0.1) is 11.6 Å². The molecule has 0 aliphatic rings. The molecule has 92 valence electrons. The van der Waals surface area contributed by atoms with Crippen molar-refractivity contribution in [1.29, 1.82) is 0 Å². The quantitative estimate of drug-likeness (QED) is 0.839. The lowest BCUT2D eigenvalue weighted by molar-refractivity contribution is -0.121. The zero-order valence-electron chi connectivity index (χ0n) is 9.84. The smallest absolute Gasteiger partial charge is 0.242 e. The van der Waals surface area contributed by atoms with Crippen molar-refractivity contribution in [2.75, 3.05) is 0 Å². The molecule has 0 unspecified atom stereocenters. The highest BCUT2D eigenvalue weighted by molar-refractivity contribution is 6.30. The largest absolute Gasteiger partial charge is 0.350 e. The highest BCUT2D eigenvalue weighted by atomic mass is 35.5. The van der Waals surface area contributed by atoms with E-state index >= 15 is 0 Å². The second-order valence-electron chi connectivity index (χ2n) is 3.98. The van der Waals surface area contributed by atoms with E-state index in [1.54, 1.807) is 0 Å². The number of rotatable bonds is 4. The van der Waals surface area contributed by atoms with E-state index in [0.717, 1.165) is 11.1 Å². The number of carbonyl (C=O) groups is 1. The monoisotopic (exact) mass is 259 g/mol. The molecule has 18 heavy (non-hydrogen) atoms. The van der Waals surface area contributed by atoms with E-state index in [2.05, 4.69) is 5.32 Å². The van der Waals surface area contributed by atoms with Crippen LogP contribution in [0.4, 0.5) is 0 Å². The van der Waals surface area contributed by atoms with Crippen LogP contribution in [0.15, 0.2) is 60.7 Å². The molecule has 0 heterocycles. The van der Waals surface area contributed by atoms with Crippen LogP contribution in [-0.2, 0) is 11.3 Å². The van der Waals surface area contributed by atoms with Crippen molar-refractivity contribution in [2.24, 2.45) is 0 Å². The van der Waals surface area contributed by atoms with Crippen molar-refractivity contribution in [2.45, 2.75) is 11.9 Å². The maximum Gasteiger partial charge on any atom is 0.242 e. The number of halogens is 1. The number of hydrogen-bond acceptors (Lipinski definition) is 1. The highest BCUT2D eigenvalue weighted by Gasteiger charge is 2.16. The van der Waals surface area contributed by atoms with Crippen LogP contribution in [0.5, 0.6) is 0 Å². The Morgan fingerprint density at radius 3 is 2.17 bits per heavy atom. The average molecular weight is 260 g/mol. The summed E-state index contributed by atoms with van der Waals surface area (Å²) in [6.45, 7) is 0.496. The molecular formula is C15H14ClNO. The SMILES string of the molecule is O=C(NCc1ccccc1)[C@@H](Cl)c1ccccc1. The van der Waals surface area contributed by atoms with Gasteiger partial charge in [0.1, 0.15) is 5.38 Å². The molecule has 0 spiro atoms. The molecule has 2 rings (SSSR count). The Balaban J connectivity index is 1.93. The van der Waals surface area contributed by atoms with Gasteiger partial charge in [-0.2, -0.15) is 0 Å². The van der Waals surface area contributed by atoms with Gasteiger partial charge in [-0.25, -0.2) is 0 Å². The van der Waals surface area contributed by atoms with Gasteiger partial charge in [-0.3, -0.25) is 4.79 Å². The third kappa shape index (κ3) is 3.34. The molecule has 1 amide bonds. The van der Waals surface area contributed by atoms with Crippen molar-refractivity contribution in [3.05, 3.63) is 71.8 Å². The molecule has 0 fully saturated rings. The van der Waals surface area contributed by atoms with Gasteiger partial charge < -0.3 is 5.32 Å². The topological polar surface area (TPSA) is 29.1 Å². The fourth-order valence-corrected chi connectivity index (χ4v) is 1.87. The van der Waals surface area contributed by atoms with Crippen LogP contribution in [0, 0.1) is 0 Å². The summed E-state index contributed by atoms with van der Waals surface area (Å²) in [5.41, 5.74) is 1.87. The summed E-state index contributed by atoms with van der Waals surface area (Å²) in [5.74, 6) is -0.174. The van der Waals surface area contributed by atoms with E-state index < -0.39 is 5.38 Å². The minimum atomic E-state index is -0.644. The second kappa shape index (κ2) is 6.22. The molecule has 0 aliphatic carbocycles. The van der Waals surface area contributed by atoms with Crippen LogP contribution in [0.25, 0.3) is 0 Å². The third-order valence-corrected chi connectivity index (χ3v) is 3.08. The highest BCUT2D eigenvalue weighted by Crippen LogP contribution is 2.19. The molecule has 1 atom stereocenters. The first-order chi connectivity index (χ1) is 8.77. The molecule has 0 aromatic heterocycles. The van der Waals surface area contributed by atoms with E-state index in [-0.39, 0.29) is 5.91 Å². The van der Waals surface area contributed by atoms with E-state index in [1.165, 1.54) is 0 Å². The number of benzene rings is 2. The first-order valence-electron chi connectivity index (χ1n) is 5.78. The zero-order valence-corrected chi connectivity index (χ0v) is 10.6. The summed E-state index contributed by atoms with van der Waals surface area (Å²) >= 11 is 6.11. The minimum Gasteiger partial charge on any atom is -0.350 e. The van der Waals surface area contributed by atoms with Gasteiger partial charge in [-0.05, 0) is 11.1 Å². The normalized spacial score (nSPS) is 11.8. The van der Waals surface area contributed by atoms with Gasteiger partial charge in [0.05, 0.1) is 0 Å². The molecule has 3 heteroatoms. The van der Waals surface area contributed by atoms with Crippen molar-refractivity contribution in [3.8, 4) is 0 Å². The number of hydrogen-bond donors (Lipinski definition) is 1. The Kier molecular flexibility index (Phi) is 4.37. The summed E-state index contributed by atoms with van der Waals surface area (Å²) in [4.78, 5) is 11.9. The van der Waals surface area contributed by atoms with E-state index in [9.17, 15) is 4.79 Å². The van der Waals surface area contributed by atoms with E-state index in [0.29, 0.717) is 6.54 Å². The molecule has 0 saturated carbocycles. The molecular weight excluding hydrogens is 246 g/mol. The summed E-state index contributed by atoms with van der Waals surface area (Å²) in [6.07, 6.45) is 0. The van der Waals surface area contributed by atoms with Crippen LogP contribution in [0.3, 0.4) is 0 Å². The maximum absolute atomic E-state index is 11.9. The number of alkyl halides is 1. The molecule has 2 aromatic rings. The van der Waals surface area contributed by atoms with E-state index in [1.807, 2.05) is 60.7 Å². The van der Waals surface area contributed by atoms with Crippen molar-refractivity contribution in [3.63, 3.8) is 0 Å². The van der Waals surface area contributed by atoms with Crippen molar-refractivity contribution in [1.82, 2.24) is 5.32 Å². The molecule has 0 radical (unpaired) electrons. The Morgan fingerprint density at radius 1 is 1.00 bits per heavy atom. The Labute approximate surface area is 112 Å². The van der Waals surface area contributed by atoms with Crippen LogP contribution < -0.4 is 5.32 Å². The lowest BCUT2D eigenvalue weighted by atomic mass is 10.1. The first-order valence-corrected chi connectivity index (χ1v) is 6.21. The molecule has 2 nitrogen and oxygen atoms in total. The summed E-state index contributed by atoms with van der Waals surface area (Å²) in [7, 11) is 0. The number of amides is 1. The summed E-state index contributed by atoms with van der Waals surface area (Å²) < 4.78 is 0. The van der Waals surface area contributed by atoms with Crippen LogP contribution in [0.2, 0.25) is 0 Å². The van der Waals surface area contributed by atoms with Crippen molar-refractivity contribution >= 4 is 17.5 Å². The second-order valence-corrected chi connectivity index (χ2v) is 4.41. The van der Waals surface area contributed by atoms with Gasteiger partial charge in [0.25, 0.3) is 0 Å². The Bertz CT molecular complexity index is 498. The first kappa shape index (κ1) is 12.7. The molecule has 0 aliphatic heterocycles. The zero-order chi connectivity index (χ0) is 12.8. The van der Waals surface area contributed by atoms with E-state index in [4.69, 9.17) is 11.6 Å². The van der Waals surface area contributed by atoms with Crippen LogP contribution in [0.1, 0.15) is 16.5 Å². The van der Waals surface area contributed by atoms with Gasteiger partial charge in [0.2, 0.25) is 5.91 Å². The van der Waals surface area contributed by atoms with Crippen LogP contribution in [-0.4, -0.2) is 5.91 Å². The fraction of sp³-hybridized carbons (Fsp3) is 0.133. The standard InChI is InChI=1S/C15H14ClNO/c16-14(13-9-5-2-6-10-13)15(18)17-11-12-7-3-1-4-8-12/h1-10,14H,11H2,(H,17,18)/t14-/m0/s1. The molecule has 0 bridgehead atoms.